The number of morpholine rings is 1. The van der Waals surface area contributed by atoms with Crippen LogP contribution in [0.1, 0.15) is 50.3 Å². The van der Waals surface area contributed by atoms with Gasteiger partial charge >= 0.3 is 0 Å². The van der Waals surface area contributed by atoms with Crippen LogP contribution in [0.4, 0.5) is 11.5 Å². The fraction of sp³-hybridized carbons (Fsp3) is 0.667. The van der Waals surface area contributed by atoms with E-state index >= 15 is 0 Å². The zero-order valence-electron chi connectivity index (χ0n) is 14.7. The number of rotatable bonds is 7. The third kappa shape index (κ3) is 5.20. The van der Waals surface area contributed by atoms with Gasteiger partial charge in [-0.25, -0.2) is 4.98 Å². The highest BCUT2D eigenvalue weighted by Gasteiger charge is 2.16. The van der Waals surface area contributed by atoms with Crippen LogP contribution in [-0.4, -0.2) is 37.2 Å². The fourth-order valence-corrected chi connectivity index (χ4v) is 2.87. The average Bonchev–Trinajstić information content (AvgIpc) is 2.55. The number of unbranched alkanes of at least 4 members (excludes halogenated alkanes) is 3. The van der Waals surface area contributed by atoms with Gasteiger partial charge in [-0.2, -0.15) is 0 Å². The van der Waals surface area contributed by atoms with Gasteiger partial charge in [-0.3, -0.25) is 4.79 Å². The monoisotopic (exact) mass is 319 g/mol. The normalized spacial score (nSPS) is 14.8. The highest BCUT2D eigenvalue weighted by Crippen LogP contribution is 2.24. The summed E-state index contributed by atoms with van der Waals surface area (Å²) < 4.78 is 5.39. The molecule has 1 aromatic rings. The lowest BCUT2D eigenvalue weighted by Gasteiger charge is -2.28. The Labute approximate surface area is 139 Å². The number of amides is 1. The predicted octanol–water partition coefficient (Wildman–Crippen LogP) is 3.44. The van der Waals surface area contributed by atoms with Crippen LogP contribution in [0.25, 0.3) is 0 Å². The van der Waals surface area contributed by atoms with Crippen molar-refractivity contribution in [1.29, 1.82) is 0 Å². The molecule has 1 aliphatic rings. The van der Waals surface area contributed by atoms with Gasteiger partial charge < -0.3 is 15.0 Å². The summed E-state index contributed by atoms with van der Waals surface area (Å²) in [7, 11) is 0. The molecule has 2 rings (SSSR count). The Kier molecular flexibility index (Phi) is 6.84. The molecule has 0 spiro atoms. The predicted molar refractivity (Wildman–Crippen MR) is 94.1 cm³/mol. The summed E-state index contributed by atoms with van der Waals surface area (Å²) in [5.41, 5.74) is 2.82. The third-order valence-electron chi connectivity index (χ3n) is 4.24. The number of aryl methyl sites for hydroxylation is 2. The fourth-order valence-electron chi connectivity index (χ4n) is 2.87. The Balaban J connectivity index is 1.98. The molecule has 2 heterocycles. The van der Waals surface area contributed by atoms with Crippen LogP contribution in [0, 0.1) is 13.8 Å². The maximum absolute atomic E-state index is 12.1. The summed E-state index contributed by atoms with van der Waals surface area (Å²) in [6, 6.07) is 2.06. The van der Waals surface area contributed by atoms with E-state index in [1.165, 1.54) is 12.8 Å². The van der Waals surface area contributed by atoms with Gasteiger partial charge in [0.25, 0.3) is 0 Å². The van der Waals surface area contributed by atoms with Gasteiger partial charge in [0.2, 0.25) is 5.91 Å². The minimum absolute atomic E-state index is 0.0909. The quantitative estimate of drug-likeness (QED) is 0.782. The van der Waals surface area contributed by atoms with Gasteiger partial charge in [0, 0.05) is 19.5 Å². The summed E-state index contributed by atoms with van der Waals surface area (Å²) >= 11 is 0. The van der Waals surface area contributed by atoms with Gasteiger partial charge in [0.05, 0.1) is 24.6 Å². The zero-order valence-corrected chi connectivity index (χ0v) is 14.7. The molecule has 5 heteroatoms. The van der Waals surface area contributed by atoms with Crippen LogP contribution >= 0.6 is 0 Å². The lowest BCUT2D eigenvalue weighted by atomic mass is 10.1. The molecule has 1 saturated heterocycles. The Morgan fingerprint density at radius 3 is 2.65 bits per heavy atom. The number of ether oxygens (including phenoxy) is 1. The van der Waals surface area contributed by atoms with Crippen LogP contribution < -0.4 is 10.2 Å². The van der Waals surface area contributed by atoms with Gasteiger partial charge in [-0.05, 0) is 31.9 Å². The SMILES string of the molecule is CCCCCCC(=O)Nc1c(C)cc(N2CCOCC2)nc1C. The van der Waals surface area contributed by atoms with E-state index in [0.29, 0.717) is 6.42 Å². The standard InChI is InChI=1S/C18H29N3O2/c1-4-5-6-7-8-17(22)20-18-14(2)13-16(19-15(18)3)21-9-11-23-12-10-21/h13H,4-12H2,1-3H3,(H,20,22). The molecular formula is C18H29N3O2. The highest BCUT2D eigenvalue weighted by molar-refractivity contribution is 5.92. The smallest absolute Gasteiger partial charge is 0.224 e. The number of carbonyl (C=O) groups is 1. The van der Waals surface area contributed by atoms with E-state index in [-0.39, 0.29) is 5.91 Å². The topological polar surface area (TPSA) is 54.5 Å². The van der Waals surface area contributed by atoms with Crippen molar-refractivity contribution in [3.05, 3.63) is 17.3 Å². The minimum atomic E-state index is 0.0909. The van der Waals surface area contributed by atoms with Crippen LogP contribution in [0.3, 0.4) is 0 Å². The van der Waals surface area contributed by atoms with Crippen LogP contribution in [0.2, 0.25) is 0 Å². The second kappa shape index (κ2) is 8.87. The summed E-state index contributed by atoms with van der Waals surface area (Å²) in [6.45, 7) is 9.40. The molecule has 128 valence electrons. The molecule has 1 N–H and O–H groups in total. The van der Waals surface area contributed by atoms with Gasteiger partial charge in [-0.1, -0.05) is 26.2 Å². The van der Waals surface area contributed by atoms with Crippen molar-refractivity contribution < 1.29 is 9.53 Å². The molecule has 1 aliphatic heterocycles. The summed E-state index contributed by atoms with van der Waals surface area (Å²) in [4.78, 5) is 19.0. The summed E-state index contributed by atoms with van der Waals surface area (Å²) in [5, 5.41) is 3.04. The first-order chi connectivity index (χ1) is 11.1. The number of aromatic nitrogens is 1. The van der Waals surface area contributed by atoms with Gasteiger partial charge in [0.15, 0.2) is 0 Å². The van der Waals surface area contributed by atoms with Crippen LogP contribution in [0.5, 0.6) is 0 Å². The molecule has 0 aromatic carbocycles. The Morgan fingerprint density at radius 2 is 2.00 bits per heavy atom. The maximum Gasteiger partial charge on any atom is 0.224 e. The van der Waals surface area contributed by atoms with Crippen molar-refractivity contribution in [2.45, 2.75) is 52.9 Å². The number of carbonyl (C=O) groups excluding carboxylic acids is 1. The number of hydrogen-bond donors (Lipinski definition) is 1. The molecule has 0 bridgehead atoms. The highest BCUT2D eigenvalue weighted by atomic mass is 16.5. The van der Waals surface area contributed by atoms with Gasteiger partial charge in [0.1, 0.15) is 5.82 Å². The minimum Gasteiger partial charge on any atom is -0.378 e. The molecule has 0 saturated carbocycles. The summed E-state index contributed by atoms with van der Waals surface area (Å²) in [6.07, 6.45) is 5.05. The van der Waals surface area contributed by atoms with Crippen molar-refractivity contribution in [2.24, 2.45) is 0 Å². The molecule has 1 aromatic heterocycles. The molecule has 0 aliphatic carbocycles. The van der Waals surface area contributed by atoms with E-state index in [0.717, 1.165) is 61.9 Å². The maximum atomic E-state index is 12.1. The second-order valence-corrected chi connectivity index (χ2v) is 6.22. The Bertz CT molecular complexity index is 502. The van der Waals surface area contributed by atoms with Crippen molar-refractivity contribution in [2.75, 3.05) is 36.5 Å². The Morgan fingerprint density at radius 1 is 1.26 bits per heavy atom. The zero-order chi connectivity index (χ0) is 16.7. The van der Waals surface area contributed by atoms with E-state index in [1.54, 1.807) is 0 Å². The lowest BCUT2D eigenvalue weighted by molar-refractivity contribution is -0.116. The second-order valence-electron chi connectivity index (χ2n) is 6.22. The van der Waals surface area contributed by atoms with E-state index in [2.05, 4.69) is 28.2 Å². The first-order valence-corrected chi connectivity index (χ1v) is 8.72. The summed E-state index contributed by atoms with van der Waals surface area (Å²) in [5.74, 6) is 1.07. The van der Waals surface area contributed by atoms with E-state index in [1.807, 2.05) is 13.8 Å². The molecule has 5 nitrogen and oxygen atoms in total. The lowest BCUT2D eigenvalue weighted by Crippen LogP contribution is -2.37. The van der Waals surface area contributed by atoms with Crippen molar-refractivity contribution in [1.82, 2.24) is 4.98 Å². The number of nitrogens with one attached hydrogen (secondary N) is 1. The first kappa shape index (κ1) is 17.7. The third-order valence-corrected chi connectivity index (χ3v) is 4.24. The molecule has 23 heavy (non-hydrogen) atoms. The number of anilines is 2. The molecule has 0 radical (unpaired) electrons. The molecule has 1 fully saturated rings. The van der Waals surface area contributed by atoms with Crippen molar-refractivity contribution in [3.63, 3.8) is 0 Å². The largest absolute Gasteiger partial charge is 0.378 e. The van der Waals surface area contributed by atoms with Crippen LogP contribution in [0.15, 0.2) is 6.07 Å². The van der Waals surface area contributed by atoms with Crippen molar-refractivity contribution >= 4 is 17.4 Å². The average molecular weight is 319 g/mol. The molecule has 0 atom stereocenters. The first-order valence-electron chi connectivity index (χ1n) is 8.72. The van der Waals surface area contributed by atoms with E-state index in [9.17, 15) is 4.79 Å². The molecule has 1 amide bonds. The number of pyridine rings is 1. The van der Waals surface area contributed by atoms with Crippen LogP contribution in [-0.2, 0) is 9.53 Å². The van der Waals surface area contributed by atoms with Gasteiger partial charge in [-0.15, -0.1) is 0 Å². The molecular weight excluding hydrogens is 290 g/mol. The Hall–Kier alpha value is -1.62. The van der Waals surface area contributed by atoms with Crippen molar-refractivity contribution in [3.8, 4) is 0 Å². The molecule has 0 unspecified atom stereocenters. The van der Waals surface area contributed by atoms with E-state index < -0.39 is 0 Å². The van der Waals surface area contributed by atoms with E-state index in [4.69, 9.17) is 4.74 Å². The number of nitrogens with zero attached hydrogens (tertiary/aromatic N) is 2. The number of hydrogen-bond acceptors (Lipinski definition) is 4.